The predicted octanol–water partition coefficient (Wildman–Crippen LogP) is 5.87. The predicted molar refractivity (Wildman–Crippen MR) is 151 cm³/mol. The molecule has 0 bridgehead atoms. The van der Waals surface area contributed by atoms with E-state index in [2.05, 4.69) is 54.3 Å². The fourth-order valence-electron chi connectivity index (χ4n) is 3.10. The van der Waals surface area contributed by atoms with Crippen molar-refractivity contribution in [3.8, 4) is 17.2 Å². The molecule has 0 aliphatic heterocycles. The van der Waals surface area contributed by atoms with Gasteiger partial charge in [-0.3, -0.25) is 9.59 Å². The van der Waals surface area contributed by atoms with Crippen molar-refractivity contribution in [1.82, 2.24) is 5.43 Å². The van der Waals surface area contributed by atoms with Crippen LogP contribution in [0.5, 0.6) is 17.2 Å². The monoisotopic (exact) mass is 629 g/mol. The number of hydrazone groups is 1. The van der Waals surface area contributed by atoms with Gasteiger partial charge in [-0.2, -0.15) is 5.10 Å². The summed E-state index contributed by atoms with van der Waals surface area (Å²) >= 11 is 6.88. The van der Waals surface area contributed by atoms with Crippen molar-refractivity contribution < 1.29 is 23.8 Å². The molecule has 0 saturated heterocycles. The molecule has 37 heavy (non-hydrogen) atoms. The van der Waals surface area contributed by atoms with Crippen LogP contribution in [0.25, 0.3) is 0 Å². The summed E-state index contributed by atoms with van der Waals surface area (Å²) in [5.74, 6) is 0.539. The number of nitrogens with zero attached hydrogens (tertiary/aromatic N) is 1. The summed E-state index contributed by atoms with van der Waals surface area (Å²) in [7, 11) is 1.49. The van der Waals surface area contributed by atoms with Crippen molar-refractivity contribution in [3.05, 3.63) is 92.9 Å². The molecule has 0 aliphatic carbocycles. The molecule has 0 heterocycles. The highest BCUT2D eigenvalue weighted by Gasteiger charge is 2.13. The maximum Gasteiger partial charge on any atom is 0.271 e. The summed E-state index contributed by atoms with van der Waals surface area (Å²) in [5, 5.41) is 6.85. The normalized spacial score (nSPS) is 10.6. The molecule has 0 fully saturated rings. The number of carbonyl (C=O) groups excluding carboxylic acids is 2. The lowest BCUT2D eigenvalue weighted by Gasteiger charge is -2.12. The molecule has 10 heteroatoms. The van der Waals surface area contributed by atoms with Gasteiger partial charge in [-0.1, -0.05) is 46.3 Å². The van der Waals surface area contributed by atoms with E-state index in [0.717, 1.165) is 10.0 Å². The number of hydrogen-bond acceptors (Lipinski definition) is 6. The van der Waals surface area contributed by atoms with Crippen molar-refractivity contribution in [2.24, 2.45) is 5.10 Å². The van der Waals surface area contributed by atoms with Gasteiger partial charge >= 0.3 is 0 Å². The van der Waals surface area contributed by atoms with Crippen LogP contribution in [-0.2, 0) is 4.79 Å². The third-order valence-corrected chi connectivity index (χ3v) is 5.92. The van der Waals surface area contributed by atoms with Gasteiger partial charge in [-0.15, -0.1) is 0 Å². The SMILES string of the molecule is C=CCOc1ccc(C(=O)N/N=C/c2cc(Br)cc(Br)c2OCC(=O)Nc2ccc(C)cc2)cc1OC. The highest BCUT2D eigenvalue weighted by atomic mass is 79.9. The zero-order valence-corrected chi connectivity index (χ0v) is 23.4. The number of methoxy groups -OCH3 is 1. The van der Waals surface area contributed by atoms with E-state index in [1.165, 1.54) is 13.3 Å². The summed E-state index contributed by atoms with van der Waals surface area (Å²) < 4.78 is 17.9. The molecule has 8 nitrogen and oxygen atoms in total. The largest absolute Gasteiger partial charge is 0.493 e. The molecule has 2 amide bonds. The Labute approximate surface area is 232 Å². The molecule has 0 unspecified atom stereocenters. The number of ether oxygens (including phenoxy) is 3. The zero-order chi connectivity index (χ0) is 26.8. The summed E-state index contributed by atoms with van der Waals surface area (Å²) in [5.41, 5.74) is 5.12. The van der Waals surface area contributed by atoms with Crippen LogP contribution in [0.15, 0.2) is 81.3 Å². The molecule has 0 aliphatic rings. The number of amides is 2. The number of nitrogens with one attached hydrogen (secondary N) is 2. The maximum atomic E-state index is 12.6. The number of benzene rings is 3. The molecule has 3 aromatic carbocycles. The number of aryl methyl sites for hydroxylation is 1. The summed E-state index contributed by atoms with van der Waals surface area (Å²) in [6.45, 7) is 5.67. The molecular weight excluding hydrogens is 606 g/mol. The Morgan fingerprint density at radius 2 is 1.78 bits per heavy atom. The quantitative estimate of drug-likeness (QED) is 0.157. The average molecular weight is 631 g/mol. The summed E-state index contributed by atoms with van der Waals surface area (Å²) in [6.07, 6.45) is 3.04. The van der Waals surface area contributed by atoms with Gasteiger partial charge in [0.05, 0.1) is 17.8 Å². The minimum absolute atomic E-state index is 0.221. The fourth-order valence-corrected chi connectivity index (χ4v) is 4.47. The van der Waals surface area contributed by atoms with E-state index < -0.39 is 5.91 Å². The van der Waals surface area contributed by atoms with E-state index in [0.29, 0.717) is 45.1 Å². The molecule has 0 saturated carbocycles. The zero-order valence-electron chi connectivity index (χ0n) is 20.2. The molecule has 0 aromatic heterocycles. The van der Waals surface area contributed by atoms with E-state index >= 15 is 0 Å². The Morgan fingerprint density at radius 3 is 2.49 bits per heavy atom. The van der Waals surface area contributed by atoms with Crippen LogP contribution >= 0.6 is 31.9 Å². The number of hydrogen-bond donors (Lipinski definition) is 2. The lowest BCUT2D eigenvalue weighted by atomic mass is 10.2. The Morgan fingerprint density at radius 1 is 1.03 bits per heavy atom. The van der Waals surface area contributed by atoms with Crippen molar-refractivity contribution in [2.75, 3.05) is 25.6 Å². The van der Waals surface area contributed by atoms with Gasteiger partial charge in [0.2, 0.25) is 0 Å². The Balaban J connectivity index is 1.67. The molecular formula is C27H25Br2N3O5. The van der Waals surface area contributed by atoms with E-state index in [1.54, 1.807) is 36.4 Å². The molecule has 0 spiro atoms. The molecule has 0 radical (unpaired) electrons. The molecule has 0 atom stereocenters. The Kier molecular flexibility index (Phi) is 10.3. The standard InChI is InChI=1S/C27H25Br2N3O5/c1-4-11-36-23-10-7-18(13-24(23)35-3)27(34)32-30-15-19-12-20(28)14-22(29)26(19)37-16-25(33)31-21-8-5-17(2)6-9-21/h4-10,12-15H,1,11,16H2,2-3H3,(H,31,33)(H,32,34)/b30-15+. The highest BCUT2D eigenvalue weighted by Crippen LogP contribution is 2.32. The van der Waals surface area contributed by atoms with Crippen LogP contribution in [0.1, 0.15) is 21.5 Å². The Bertz CT molecular complexity index is 1310. The lowest BCUT2D eigenvalue weighted by Crippen LogP contribution is -2.21. The van der Waals surface area contributed by atoms with Crippen LogP contribution in [0.3, 0.4) is 0 Å². The van der Waals surface area contributed by atoms with Gasteiger partial charge in [0, 0.05) is 21.3 Å². The van der Waals surface area contributed by atoms with Crippen LogP contribution in [0, 0.1) is 6.92 Å². The first-order valence-corrected chi connectivity index (χ1v) is 12.6. The number of rotatable bonds is 11. The first kappa shape index (κ1) is 27.9. The van der Waals surface area contributed by atoms with E-state index in [1.807, 2.05) is 31.2 Å². The van der Waals surface area contributed by atoms with Gasteiger partial charge in [0.1, 0.15) is 12.4 Å². The molecule has 192 valence electrons. The second-order valence-corrected chi connectivity index (χ2v) is 9.44. The number of carbonyl (C=O) groups is 2. The van der Waals surface area contributed by atoms with E-state index in [9.17, 15) is 9.59 Å². The number of halogens is 2. The van der Waals surface area contributed by atoms with Crippen molar-refractivity contribution in [3.63, 3.8) is 0 Å². The smallest absolute Gasteiger partial charge is 0.271 e. The lowest BCUT2D eigenvalue weighted by molar-refractivity contribution is -0.118. The molecule has 3 rings (SSSR count). The van der Waals surface area contributed by atoms with Crippen LogP contribution in [-0.4, -0.2) is 38.4 Å². The number of anilines is 1. The second-order valence-electron chi connectivity index (χ2n) is 7.67. The first-order chi connectivity index (χ1) is 17.8. The third kappa shape index (κ3) is 8.19. The minimum Gasteiger partial charge on any atom is -0.493 e. The van der Waals surface area contributed by atoms with Gasteiger partial charge in [0.15, 0.2) is 18.1 Å². The van der Waals surface area contributed by atoms with Gasteiger partial charge in [0.25, 0.3) is 11.8 Å². The van der Waals surface area contributed by atoms with Gasteiger partial charge in [-0.25, -0.2) is 5.43 Å². The van der Waals surface area contributed by atoms with Crippen LogP contribution in [0.2, 0.25) is 0 Å². The minimum atomic E-state index is -0.446. The van der Waals surface area contributed by atoms with Crippen molar-refractivity contribution >= 4 is 55.6 Å². The maximum absolute atomic E-state index is 12.6. The topological polar surface area (TPSA) is 98.3 Å². The average Bonchev–Trinajstić information content (AvgIpc) is 2.88. The van der Waals surface area contributed by atoms with Gasteiger partial charge in [-0.05, 0) is 65.3 Å². The fraction of sp³-hybridized carbons (Fsp3) is 0.148. The summed E-state index contributed by atoms with van der Waals surface area (Å²) in [6, 6.07) is 15.8. The first-order valence-electron chi connectivity index (χ1n) is 11.0. The second kappa shape index (κ2) is 13.6. The molecule has 3 aromatic rings. The Hall–Kier alpha value is -3.63. The summed E-state index contributed by atoms with van der Waals surface area (Å²) in [4.78, 5) is 25.0. The van der Waals surface area contributed by atoms with E-state index in [4.69, 9.17) is 14.2 Å². The molecule has 2 N–H and O–H groups in total. The van der Waals surface area contributed by atoms with Crippen molar-refractivity contribution in [1.29, 1.82) is 0 Å². The van der Waals surface area contributed by atoms with Crippen LogP contribution < -0.4 is 25.0 Å². The third-order valence-electron chi connectivity index (χ3n) is 4.87. The highest BCUT2D eigenvalue weighted by molar-refractivity contribution is 9.11. The van der Waals surface area contributed by atoms with E-state index in [-0.39, 0.29) is 12.5 Å². The van der Waals surface area contributed by atoms with Crippen LogP contribution in [0.4, 0.5) is 5.69 Å². The van der Waals surface area contributed by atoms with Gasteiger partial charge < -0.3 is 19.5 Å². The van der Waals surface area contributed by atoms with Crippen molar-refractivity contribution in [2.45, 2.75) is 6.92 Å².